The fraction of sp³-hybridized carbons (Fsp3) is 0.900. The van der Waals surface area contributed by atoms with Crippen molar-refractivity contribution in [1.29, 1.82) is 0 Å². The third kappa shape index (κ3) is 9.65. The number of carbonyl (C=O) groups excluding carboxylic acids is 1. The van der Waals surface area contributed by atoms with E-state index in [9.17, 15) is 4.79 Å². The molecule has 0 aromatic rings. The molecule has 5 heteroatoms. The van der Waals surface area contributed by atoms with Gasteiger partial charge in [-0.15, -0.1) is 0 Å². The second-order valence-electron chi connectivity index (χ2n) is 3.57. The topological polar surface area (TPSA) is 84.6 Å². The van der Waals surface area contributed by atoms with Crippen molar-refractivity contribution in [3.05, 3.63) is 0 Å². The summed E-state index contributed by atoms with van der Waals surface area (Å²) < 4.78 is 5.00. The van der Waals surface area contributed by atoms with Crippen LogP contribution in [0.15, 0.2) is 0 Å². The van der Waals surface area contributed by atoms with Crippen molar-refractivity contribution in [2.24, 2.45) is 11.7 Å². The molecule has 0 bridgehead atoms. The third-order valence-electron chi connectivity index (χ3n) is 2.07. The molecule has 4 N–H and O–H groups in total. The second-order valence-corrected chi connectivity index (χ2v) is 3.57. The molecule has 0 heterocycles. The van der Waals surface area contributed by atoms with E-state index in [1.807, 2.05) is 6.92 Å². The van der Waals surface area contributed by atoms with Gasteiger partial charge in [-0.25, -0.2) is 0 Å². The molecule has 0 spiro atoms. The molecular weight excluding hydrogens is 196 g/mol. The van der Waals surface area contributed by atoms with E-state index >= 15 is 0 Å². The Balaban J connectivity index is 3.26. The van der Waals surface area contributed by atoms with Crippen LogP contribution in [-0.4, -0.2) is 43.9 Å². The number of aliphatic hydroxyl groups is 1. The molecule has 0 aliphatic heterocycles. The summed E-state index contributed by atoms with van der Waals surface area (Å²) in [6.07, 6.45) is 1.33. The number of hydrogen-bond acceptors (Lipinski definition) is 4. The number of nitrogens with two attached hydrogens (primary N) is 1. The molecule has 0 aromatic heterocycles. The van der Waals surface area contributed by atoms with E-state index in [2.05, 4.69) is 5.32 Å². The summed E-state index contributed by atoms with van der Waals surface area (Å²) in [5, 5.41) is 11.2. The Kier molecular flexibility index (Phi) is 9.46. The monoisotopic (exact) mass is 218 g/mol. The van der Waals surface area contributed by atoms with Crippen molar-refractivity contribution in [3.63, 3.8) is 0 Å². The Bertz CT molecular complexity index is 165. The quantitative estimate of drug-likeness (QED) is 0.455. The largest absolute Gasteiger partial charge is 0.394 e. The number of amides is 1. The van der Waals surface area contributed by atoms with Gasteiger partial charge in [-0.2, -0.15) is 0 Å². The predicted octanol–water partition coefficient (Wildman–Crippen LogP) is -0.513. The van der Waals surface area contributed by atoms with E-state index in [-0.39, 0.29) is 12.5 Å². The maximum absolute atomic E-state index is 11.2. The molecule has 0 aliphatic rings. The molecule has 1 atom stereocenters. The van der Waals surface area contributed by atoms with Gasteiger partial charge in [0, 0.05) is 13.0 Å². The second kappa shape index (κ2) is 9.89. The lowest BCUT2D eigenvalue weighted by atomic mass is 10.1. The first-order valence-corrected chi connectivity index (χ1v) is 5.36. The standard InChI is InChI=1S/C10H22N2O3/c1-9(8-11)2-3-10(14)12-4-6-15-7-5-13/h9,13H,2-8,11H2,1H3,(H,12,14). The summed E-state index contributed by atoms with van der Waals surface area (Å²) in [5.74, 6) is 0.421. The molecule has 0 radical (unpaired) electrons. The number of aliphatic hydroxyl groups excluding tert-OH is 1. The highest BCUT2D eigenvalue weighted by Gasteiger charge is 2.04. The molecular formula is C10H22N2O3. The molecule has 1 amide bonds. The van der Waals surface area contributed by atoms with E-state index in [4.69, 9.17) is 15.6 Å². The predicted molar refractivity (Wildman–Crippen MR) is 58.4 cm³/mol. The molecule has 0 rings (SSSR count). The lowest BCUT2D eigenvalue weighted by molar-refractivity contribution is -0.121. The highest BCUT2D eigenvalue weighted by Crippen LogP contribution is 2.02. The van der Waals surface area contributed by atoms with Crippen LogP contribution >= 0.6 is 0 Å². The summed E-state index contributed by atoms with van der Waals surface area (Å²) in [6.45, 7) is 3.92. The van der Waals surface area contributed by atoms with Crippen LogP contribution in [0.2, 0.25) is 0 Å². The molecule has 0 aliphatic carbocycles. The van der Waals surface area contributed by atoms with Gasteiger partial charge in [0.15, 0.2) is 0 Å². The number of hydrogen-bond donors (Lipinski definition) is 3. The Hall–Kier alpha value is -0.650. The van der Waals surface area contributed by atoms with Crippen molar-refractivity contribution in [3.8, 4) is 0 Å². The molecule has 0 saturated carbocycles. The van der Waals surface area contributed by atoms with Crippen molar-refractivity contribution < 1.29 is 14.6 Å². The number of rotatable bonds is 9. The number of ether oxygens (including phenoxy) is 1. The first-order valence-electron chi connectivity index (χ1n) is 5.36. The minimum atomic E-state index is 0.0158. The summed E-state index contributed by atoms with van der Waals surface area (Å²) in [5.41, 5.74) is 5.44. The van der Waals surface area contributed by atoms with Gasteiger partial charge in [-0.3, -0.25) is 4.79 Å². The normalized spacial score (nSPS) is 12.5. The van der Waals surface area contributed by atoms with Gasteiger partial charge in [0.05, 0.1) is 19.8 Å². The highest BCUT2D eigenvalue weighted by molar-refractivity contribution is 5.75. The summed E-state index contributed by atoms with van der Waals surface area (Å²) in [4.78, 5) is 11.2. The molecule has 15 heavy (non-hydrogen) atoms. The Morgan fingerprint density at radius 2 is 2.27 bits per heavy atom. The molecule has 1 unspecified atom stereocenters. The van der Waals surface area contributed by atoms with Gasteiger partial charge in [-0.1, -0.05) is 6.92 Å². The maximum Gasteiger partial charge on any atom is 0.220 e. The van der Waals surface area contributed by atoms with E-state index in [0.29, 0.717) is 38.6 Å². The maximum atomic E-state index is 11.2. The van der Waals surface area contributed by atoms with Crippen molar-refractivity contribution in [2.45, 2.75) is 19.8 Å². The average molecular weight is 218 g/mol. The van der Waals surface area contributed by atoms with Gasteiger partial charge in [0.2, 0.25) is 5.91 Å². The van der Waals surface area contributed by atoms with Gasteiger partial charge < -0.3 is 20.9 Å². The fourth-order valence-electron chi connectivity index (χ4n) is 1.01. The van der Waals surface area contributed by atoms with Crippen molar-refractivity contribution >= 4 is 5.91 Å². The number of nitrogens with one attached hydrogen (secondary N) is 1. The van der Waals surface area contributed by atoms with Crippen LogP contribution in [0.3, 0.4) is 0 Å². The van der Waals surface area contributed by atoms with Crippen LogP contribution < -0.4 is 11.1 Å². The van der Waals surface area contributed by atoms with Gasteiger partial charge in [0.1, 0.15) is 0 Å². The van der Waals surface area contributed by atoms with Crippen molar-refractivity contribution in [1.82, 2.24) is 5.32 Å². The lowest BCUT2D eigenvalue weighted by Gasteiger charge is -2.08. The molecule has 90 valence electrons. The Morgan fingerprint density at radius 1 is 1.53 bits per heavy atom. The van der Waals surface area contributed by atoms with Crippen LogP contribution in [0.5, 0.6) is 0 Å². The van der Waals surface area contributed by atoms with Crippen LogP contribution in [0.1, 0.15) is 19.8 Å². The van der Waals surface area contributed by atoms with Gasteiger partial charge >= 0.3 is 0 Å². The summed E-state index contributed by atoms with van der Waals surface area (Å²) in [6, 6.07) is 0. The van der Waals surface area contributed by atoms with Gasteiger partial charge in [0.25, 0.3) is 0 Å². The zero-order chi connectivity index (χ0) is 11.5. The van der Waals surface area contributed by atoms with E-state index in [1.54, 1.807) is 0 Å². The fourth-order valence-corrected chi connectivity index (χ4v) is 1.01. The minimum Gasteiger partial charge on any atom is -0.394 e. The molecule has 5 nitrogen and oxygen atoms in total. The smallest absolute Gasteiger partial charge is 0.220 e. The zero-order valence-corrected chi connectivity index (χ0v) is 9.37. The minimum absolute atomic E-state index is 0.0158. The van der Waals surface area contributed by atoms with Crippen molar-refractivity contribution in [2.75, 3.05) is 32.9 Å². The summed E-state index contributed by atoms with van der Waals surface area (Å²) >= 11 is 0. The van der Waals surface area contributed by atoms with E-state index in [1.165, 1.54) is 0 Å². The zero-order valence-electron chi connectivity index (χ0n) is 9.37. The third-order valence-corrected chi connectivity index (χ3v) is 2.07. The average Bonchev–Trinajstić information content (AvgIpc) is 2.25. The number of carbonyl (C=O) groups is 1. The first-order chi connectivity index (χ1) is 7.20. The van der Waals surface area contributed by atoms with E-state index in [0.717, 1.165) is 6.42 Å². The summed E-state index contributed by atoms with van der Waals surface area (Å²) in [7, 11) is 0. The van der Waals surface area contributed by atoms with E-state index < -0.39 is 0 Å². The van der Waals surface area contributed by atoms with Crippen LogP contribution in [0.25, 0.3) is 0 Å². The lowest BCUT2D eigenvalue weighted by Crippen LogP contribution is -2.28. The molecule has 0 saturated heterocycles. The van der Waals surface area contributed by atoms with Crippen LogP contribution in [0, 0.1) is 5.92 Å². The Labute approximate surface area is 91.0 Å². The van der Waals surface area contributed by atoms with Gasteiger partial charge in [-0.05, 0) is 18.9 Å². The Morgan fingerprint density at radius 3 is 2.87 bits per heavy atom. The molecule has 0 fully saturated rings. The van der Waals surface area contributed by atoms with Crippen LogP contribution in [-0.2, 0) is 9.53 Å². The first kappa shape index (κ1) is 14.3. The van der Waals surface area contributed by atoms with Crippen LogP contribution in [0.4, 0.5) is 0 Å². The highest BCUT2D eigenvalue weighted by atomic mass is 16.5. The molecule has 0 aromatic carbocycles. The SMILES string of the molecule is CC(CN)CCC(=O)NCCOCCO.